The maximum absolute atomic E-state index is 13.2. The number of amidine groups is 1. The zero-order chi connectivity index (χ0) is 24.9. The van der Waals surface area contributed by atoms with Crippen molar-refractivity contribution < 1.29 is 23.7 Å². The summed E-state index contributed by atoms with van der Waals surface area (Å²) >= 11 is 6.30. The number of benzene rings is 3. The van der Waals surface area contributed by atoms with E-state index in [1.165, 1.54) is 33.5 Å². The van der Waals surface area contributed by atoms with Crippen molar-refractivity contribution >= 4 is 34.8 Å². The summed E-state index contributed by atoms with van der Waals surface area (Å²) < 4.78 is 21.9. The summed E-state index contributed by atoms with van der Waals surface area (Å²) in [6.45, 7) is 0. The average molecular weight is 494 g/mol. The summed E-state index contributed by atoms with van der Waals surface area (Å²) in [6, 6.07) is 18.0. The Labute approximate surface area is 208 Å². The van der Waals surface area contributed by atoms with Gasteiger partial charge in [-0.05, 0) is 30.3 Å². The van der Waals surface area contributed by atoms with E-state index in [1.54, 1.807) is 13.1 Å². The summed E-state index contributed by atoms with van der Waals surface area (Å²) in [4.78, 5) is 22.3. The third kappa shape index (κ3) is 4.93. The van der Waals surface area contributed by atoms with Crippen molar-refractivity contribution in [1.82, 2.24) is 0 Å². The number of hydrogen-bond acceptors (Lipinski definition) is 7. The molecule has 4 rings (SSSR count). The largest absolute Gasteiger partial charge is 0.493 e. The van der Waals surface area contributed by atoms with Crippen LogP contribution in [0.25, 0.3) is 0 Å². The van der Waals surface area contributed by atoms with Gasteiger partial charge in [0.15, 0.2) is 17.3 Å². The molecule has 1 N–H and O–H groups in total. The van der Waals surface area contributed by atoms with E-state index in [-0.39, 0.29) is 5.56 Å². The van der Waals surface area contributed by atoms with Crippen LogP contribution in [0.4, 0.5) is 5.69 Å². The first kappa shape index (κ1) is 24.1. The second-order valence-electron chi connectivity index (χ2n) is 7.44. The van der Waals surface area contributed by atoms with Crippen LogP contribution in [0.3, 0.4) is 0 Å². The number of nitrogens with zero attached hydrogens (tertiary/aromatic N) is 2. The maximum atomic E-state index is 13.2. The lowest BCUT2D eigenvalue weighted by Gasteiger charge is -2.17. The van der Waals surface area contributed by atoms with Crippen LogP contribution in [0.15, 0.2) is 70.6 Å². The van der Waals surface area contributed by atoms with E-state index in [1.807, 2.05) is 42.5 Å². The van der Waals surface area contributed by atoms with E-state index >= 15 is 0 Å². The molecular weight excluding hydrogens is 470 g/mol. The molecule has 1 aliphatic rings. The monoisotopic (exact) mass is 493 g/mol. The quantitative estimate of drug-likeness (QED) is 0.494. The summed E-state index contributed by atoms with van der Waals surface area (Å²) in [5.74, 6) is 0.753. The smallest absolute Gasteiger partial charge is 0.340 e. The molecule has 3 aromatic carbocycles. The molecule has 0 bridgehead atoms. The number of hydrogen-bond donors (Lipinski definition) is 1. The van der Waals surface area contributed by atoms with Crippen molar-refractivity contribution in [2.24, 2.45) is 9.98 Å². The summed E-state index contributed by atoms with van der Waals surface area (Å²) in [5, 5.41) is 3.79. The number of aliphatic imine (C=N–C) groups is 2. The van der Waals surface area contributed by atoms with Crippen molar-refractivity contribution in [3.8, 4) is 17.2 Å². The Morgan fingerprint density at radius 2 is 1.66 bits per heavy atom. The molecule has 0 spiro atoms. The molecular formula is C26H24ClN3O5. The number of benzodiazepines with no additional fused rings is 1. The molecule has 1 atom stereocenters. The molecule has 9 heteroatoms. The van der Waals surface area contributed by atoms with E-state index in [2.05, 4.69) is 10.3 Å². The Balaban J connectivity index is 1.78. The lowest BCUT2D eigenvalue weighted by molar-refractivity contribution is 0.0438. The molecule has 35 heavy (non-hydrogen) atoms. The fourth-order valence-corrected chi connectivity index (χ4v) is 3.88. The Hall–Kier alpha value is -4.04. The first-order valence-electron chi connectivity index (χ1n) is 10.7. The summed E-state index contributed by atoms with van der Waals surface area (Å²) in [6.07, 6.45) is -1.05. The minimum Gasteiger partial charge on any atom is -0.493 e. The van der Waals surface area contributed by atoms with Crippen molar-refractivity contribution in [2.45, 2.75) is 6.23 Å². The Bertz CT molecular complexity index is 1280. The number of fused-ring (bicyclic) bond motifs is 1. The maximum Gasteiger partial charge on any atom is 0.340 e. The van der Waals surface area contributed by atoms with E-state index in [4.69, 9.17) is 35.5 Å². The fraction of sp³-hybridized carbons (Fsp3) is 0.192. The van der Waals surface area contributed by atoms with Gasteiger partial charge in [-0.15, -0.1) is 0 Å². The van der Waals surface area contributed by atoms with E-state index in [0.717, 1.165) is 16.8 Å². The van der Waals surface area contributed by atoms with Crippen molar-refractivity contribution in [2.75, 3.05) is 33.7 Å². The van der Waals surface area contributed by atoms with Gasteiger partial charge in [0.2, 0.25) is 5.75 Å². The third-order valence-corrected chi connectivity index (χ3v) is 5.62. The van der Waals surface area contributed by atoms with Gasteiger partial charge in [0.1, 0.15) is 0 Å². The molecule has 0 saturated heterocycles. The highest BCUT2D eigenvalue weighted by atomic mass is 35.5. The molecule has 8 nitrogen and oxygen atoms in total. The highest BCUT2D eigenvalue weighted by molar-refractivity contribution is 6.32. The molecule has 0 fully saturated rings. The van der Waals surface area contributed by atoms with Crippen LogP contribution in [-0.4, -0.2) is 52.1 Å². The van der Waals surface area contributed by atoms with Crippen LogP contribution in [0.2, 0.25) is 5.02 Å². The molecule has 0 amide bonds. The molecule has 0 aromatic heterocycles. The predicted octanol–water partition coefficient (Wildman–Crippen LogP) is 4.84. The van der Waals surface area contributed by atoms with Crippen LogP contribution in [-0.2, 0) is 4.74 Å². The van der Waals surface area contributed by atoms with Gasteiger partial charge in [-0.1, -0.05) is 41.9 Å². The van der Waals surface area contributed by atoms with Crippen LogP contribution in [0.1, 0.15) is 21.5 Å². The molecule has 0 radical (unpaired) electrons. The molecule has 1 aliphatic heterocycles. The SMILES string of the molecule is CN=C1Nc2ccc(Cl)cc2C(c2ccccc2)=NC1OC(=O)c1cc(OC)c(OC)c(OC)c1. The molecule has 0 saturated carbocycles. The van der Waals surface area contributed by atoms with E-state index in [0.29, 0.717) is 33.8 Å². The van der Waals surface area contributed by atoms with Gasteiger partial charge in [-0.25, -0.2) is 9.79 Å². The number of carbonyl (C=O) groups is 1. The molecule has 3 aromatic rings. The van der Waals surface area contributed by atoms with Gasteiger partial charge in [0, 0.05) is 28.9 Å². The first-order valence-corrected chi connectivity index (χ1v) is 11.0. The topological polar surface area (TPSA) is 90.7 Å². The standard InChI is InChI=1S/C26H24ClN3O5/c1-28-24-25(35-26(31)16-12-20(32-2)23(34-4)21(13-16)33-3)30-22(15-8-6-5-7-9-15)18-14-17(27)10-11-19(18)29-24/h5-14,25H,1-4H3,(H,28,29). The van der Waals surface area contributed by atoms with Crippen molar-refractivity contribution in [3.05, 3.63) is 82.4 Å². The zero-order valence-corrected chi connectivity index (χ0v) is 20.4. The van der Waals surface area contributed by atoms with Crippen LogP contribution in [0.5, 0.6) is 17.2 Å². The first-order chi connectivity index (χ1) is 17.0. The average Bonchev–Trinajstić information content (AvgIpc) is 3.04. The van der Waals surface area contributed by atoms with Gasteiger partial charge in [0.25, 0.3) is 6.23 Å². The second-order valence-corrected chi connectivity index (χ2v) is 7.88. The predicted molar refractivity (Wildman–Crippen MR) is 136 cm³/mol. The number of anilines is 1. The van der Waals surface area contributed by atoms with Gasteiger partial charge < -0.3 is 24.3 Å². The van der Waals surface area contributed by atoms with Gasteiger partial charge in [-0.2, -0.15) is 0 Å². The number of halogens is 1. The van der Waals surface area contributed by atoms with Gasteiger partial charge >= 0.3 is 5.97 Å². The molecule has 1 heterocycles. The van der Waals surface area contributed by atoms with Crippen molar-refractivity contribution in [3.63, 3.8) is 0 Å². The number of rotatable bonds is 6. The van der Waals surface area contributed by atoms with Crippen LogP contribution >= 0.6 is 11.6 Å². The number of carbonyl (C=O) groups excluding carboxylic acids is 1. The highest BCUT2D eigenvalue weighted by Crippen LogP contribution is 2.38. The van der Waals surface area contributed by atoms with Crippen LogP contribution in [0, 0.1) is 0 Å². The zero-order valence-electron chi connectivity index (χ0n) is 19.7. The normalized spacial score (nSPS) is 15.9. The molecule has 180 valence electrons. The Kier molecular flexibility index (Phi) is 7.22. The number of ether oxygens (including phenoxy) is 4. The van der Waals surface area contributed by atoms with Crippen molar-refractivity contribution in [1.29, 1.82) is 0 Å². The minimum atomic E-state index is -1.05. The summed E-state index contributed by atoms with van der Waals surface area (Å²) in [5.41, 5.74) is 3.15. The number of nitrogens with one attached hydrogen (secondary N) is 1. The third-order valence-electron chi connectivity index (χ3n) is 5.39. The minimum absolute atomic E-state index is 0.205. The van der Waals surface area contributed by atoms with E-state index in [9.17, 15) is 4.79 Å². The fourth-order valence-electron chi connectivity index (χ4n) is 3.71. The Morgan fingerprint density at radius 1 is 0.971 bits per heavy atom. The highest BCUT2D eigenvalue weighted by Gasteiger charge is 2.28. The Morgan fingerprint density at radius 3 is 2.26 bits per heavy atom. The second kappa shape index (κ2) is 10.5. The molecule has 1 unspecified atom stereocenters. The lowest BCUT2D eigenvalue weighted by Crippen LogP contribution is -2.31. The van der Waals surface area contributed by atoms with Gasteiger partial charge in [-0.3, -0.25) is 4.99 Å². The van der Waals surface area contributed by atoms with E-state index < -0.39 is 12.2 Å². The number of methoxy groups -OCH3 is 3. The summed E-state index contributed by atoms with van der Waals surface area (Å²) in [7, 11) is 6.04. The van der Waals surface area contributed by atoms with Gasteiger partial charge in [0.05, 0.1) is 32.6 Å². The molecule has 0 aliphatic carbocycles. The van der Waals surface area contributed by atoms with Crippen LogP contribution < -0.4 is 19.5 Å². The lowest BCUT2D eigenvalue weighted by atomic mass is 10.0. The number of esters is 1.